The number of amides is 1. The van der Waals surface area contributed by atoms with Crippen LogP contribution in [0.2, 0.25) is 0 Å². The SMILES string of the molecule is COc1cc(OC)cc(C(=O)N2CC[C@H](NCc3cnc4ccccc4c3)C[C@H]2Cc2ccccc2)c1. The normalized spacial score (nSPS) is 17.5. The first-order valence-corrected chi connectivity index (χ1v) is 12.8. The van der Waals surface area contributed by atoms with Gasteiger partial charge in [0.05, 0.1) is 19.7 Å². The van der Waals surface area contributed by atoms with Crippen LogP contribution in [0.15, 0.2) is 85.1 Å². The molecule has 3 aromatic carbocycles. The highest BCUT2D eigenvalue weighted by Crippen LogP contribution is 2.28. The van der Waals surface area contributed by atoms with E-state index in [-0.39, 0.29) is 11.9 Å². The first kappa shape index (κ1) is 24.8. The molecule has 190 valence electrons. The fourth-order valence-electron chi connectivity index (χ4n) is 5.16. The second kappa shape index (κ2) is 11.4. The summed E-state index contributed by atoms with van der Waals surface area (Å²) >= 11 is 0. The third kappa shape index (κ3) is 5.92. The molecule has 0 aliphatic carbocycles. The maximum Gasteiger partial charge on any atom is 0.254 e. The number of carbonyl (C=O) groups is 1. The minimum Gasteiger partial charge on any atom is -0.497 e. The Balaban J connectivity index is 1.33. The van der Waals surface area contributed by atoms with Crippen molar-refractivity contribution >= 4 is 16.8 Å². The number of aromatic nitrogens is 1. The fraction of sp³-hybridized carbons (Fsp3) is 0.290. The van der Waals surface area contributed by atoms with Crippen molar-refractivity contribution in [3.8, 4) is 11.5 Å². The number of nitrogens with one attached hydrogen (secondary N) is 1. The summed E-state index contributed by atoms with van der Waals surface area (Å²) < 4.78 is 10.8. The lowest BCUT2D eigenvalue weighted by molar-refractivity contribution is 0.0575. The van der Waals surface area contributed by atoms with Crippen molar-refractivity contribution in [3.05, 3.63) is 102 Å². The maximum absolute atomic E-state index is 13.7. The summed E-state index contributed by atoms with van der Waals surface area (Å²) in [5.74, 6) is 1.24. The summed E-state index contributed by atoms with van der Waals surface area (Å²) in [5, 5.41) is 4.89. The number of likely N-dealkylation sites (tertiary alicyclic amines) is 1. The summed E-state index contributed by atoms with van der Waals surface area (Å²) in [6.45, 7) is 1.44. The lowest BCUT2D eigenvalue weighted by atomic mass is 9.91. The molecule has 1 amide bonds. The van der Waals surface area contributed by atoms with Gasteiger partial charge in [-0.15, -0.1) is 0 Å². The summed E-state index contributed by atoms with van der Waals surface area (Å²) in [7, 11) is 3.20. The van der Waals surface area contributed by atoms with Gasteiger partial charge in [-0.05, 0) is 54.7 Å². The highest BCUT2D eigenvalue weighted by Gasteiger charge is 2.32. The number of nitrogens with zero attached hydrogens (tertiary/aromatic N) is 2. The molecule has 0 bridgehead atoms. The molecule has 6 heteroatoms. The third-order valence-corrected chi connectivity index (χ3v) is 7.13. The van der Waals surface area contributed by atoms with Crippen molar-refractivity contribution < 1.29 is 14.3 Å². The fourth-order valence-corrected chi connectivity index (χ4v) is 5.16. The standard InChI is InChI=1S/C31H33N3O3/c1-36-28-16-25(17-29(19-28)37-2)31(35)34-13-12-26(18-27(34)15-22-8-4-3-5-9-22)32-20-23-14-24-10-6-7-11-30(24)33-21-23/h3-11,14,16-17,19,21,26-27,32H,12-13,15,18,20H2,1-2H3/t26-,27+/m0/s1. The van der Waals surface area contributed by atoms with Crippen LogP contribution in [0.3, 0.4) is 0 Å². The number of ether oxygens (including phenoxy) is 2. The number of rotatable bonds is 8. The largest absolute Gasteiger partial charge is 0.497 e. The highest BCUT2D eigenvalue weighted by molar-refractivity contribution is 5.95. The molecule has 0 unspecified atom stereocenters. The van der Waals surface area contributed by atoms with Crippen LogP contribution in [-0.2, 0) is 13.0 Å². The first-order chi connectivity index (χ1) is 18.1. The second-order valence-electron chi connectivity index (χ2n) is 9.58. The van der Waals surface area contributed by atoms with Crippen LogP contribution >= 0.6 is 0 Å². The van der Waals surface area contributed by atoms with Gasteiger partial charge in [-0.3, -0.25) is 9.78 Å². The van der Waals surface area contributed by atoms with E-state index in [1.165, 1.54) is 11.1 Å². The van der Waals surface area contributed by atoms with E-state index < -0.39 is 0 Å². The van der Waals surface area contributed by atoms with Gasteiger partial charge in [0.2, 0.25) is 0 Å². The summed E-state index contributed by atoms with van der Waals surface area (Å²) in [5.41, 5.74) is 3.99. The molecule has 1 fully saturated rings. The van der Waals surface area contributed by atoms with Gasteiger partial charge in [-0.2, -0.15) is 0 Å². The van der Waals surface area contributed by atoms with Crippen LogP contribution in [0.1, 0.15) is 34.3 Å². The topological polar surface area (TPSA) is 63.7 Å². The second-order valence-corrected chi connectivity index (χ2v) is 9.58. The van der Waals surface area contributed by atoms with Crippen molar-refractivity contribution in [2.75, 3.05) is 20.8 Å². The molecule has 2 heterocycles. The number of methoxy groups -OCH3 is 2. The molecule has 2 atom stereocenters. The van der Waals surface area contributed by atoms with Gasteiger partial charge in [-0.1, -0.05) is 48.5 Å². The third-order valence-electron chi connectivity index (χ3n) is 7.13. The number of piperidine rings is 1. The predicted octanol–water partition coefficient (Wildman–Crippen LogP) is 5.26. The first-order valence-electron chi connectivity index (χ1n) is 12.8. The molecule has 1 aromatic heterocycles. The van der Waals surface area contributed by atoms with Crippen molar-refractivity contribution in [1.82, 2.24) is 15.2 Å². The van der Waals surface area contributed by atoms with E-state index in [4.69, 9.17) is 9.47 Å². The van der Waals surface area contributed by atoms with Gasteiger partial charge in [0.25, 0.3) is 5.91 Å². The zero-order valence-electron chi connectivity index (χ0n) is 21.4. The Morgan fingerprint density at radius 1 is 0.946 bits per heavy atom. The van der Waals surface area contributed by atoms with E-state index in [0.717, 1.165) is 36.7 Å². The number of para-hydroxylation sites is 1. The minimum atomic E-state index is 0.00955. The quantitative estimate of drug-likeness (QED) is 0.361. The van der Waals surface area contributed by atoms with Gasteiger partial charge in [0.1, 0.15) is 11.5 Å². The molecule has 5 rings (SSSR count). The van der Waals surface area contributed by atoms with E-state index >= 15 is 0 Å². The Morgan fingerprint density at radius 3 is 2.43 bits per heavy atom. The smallest absolute Gasteiger partial charge is 0.254 e. The number of benzene rings is 3. The van der Waals surface area contributed by atoms with Crippen molar-refractivity contribution in [1.29, 1.82) is 0 Å². The maximum atomic E-state index is 13.7. The van der Waals surface area contributed by atoms with Crippen LogP contribution in [0, 0.1) is 0 Å². The molecule has 1 saturated heterocycles. The molecule has 1 aliphatic rings. The number of pyridine rings is 1. The van der Waals surface area contributed by atoms with Crippen molar-refractivity contribution in [3.63, 3.8) is 0 Å². The Kier molecular flexibility index (Phi) is 7.66. The van der Waals surface area contributed by atoms with Gasteiger partial charge in [0, 0.05) is 48.4 Å². The molecule has 0 saturated carbocycles. The predicted molar refractivity (Wildman–Crippen MR) is 146 cm³/mol. The van der Waals surface area contributed by atoms with Crippen molar-refractivity contribution in [2.24, 2.45) is 0 Å². The van der Waals surface area contributed by atoms with Crippen LogP contribution in [0.5, 0.6) is 11.5 Å². The monoisotopic (exact) mass is 495 g/mol. The summed E-state index contributed by atoms with van der Waals surface area (Å²) in [4.78, 5) is 20.4. The van der Waals surface area contributed by atoms with Crippen LogP contribution < -0.4 is 14.8 Å². The Labute approximate surface area is 218 Å². The molecule has 6 nitrogen and oxygen atoms in total. The Bertz CT molecular complexity index is 1340. The molecular weight excluding hydrogens is 462 g/mol. The van der Waals surface area contributed by atoms with E-state index in [1.54, 1.807) is 32.4 Å². The molecule has 0 radical (unpaired) electrons. The zero-order valence-corrected chi connectivity index (χ0v) is 21.4. The van der Waals surface area contributed by atoms with Gasteiger partial charge >= 0.3 is 0 Å². The van der Waals surface area contributed by atoms with E-state index in [2.05, 4.69) is 46.7 Å². The molecule has 0 spiro atoms. The molecule has 37 heavy (non-hydrogen) atoms. The van der Waals surface area contributed by atoms with Crippen LogP contribution in [0.4, 0.5) is 0 Å². The lowest BCUT2D eigenvalue weighted by Crippen LogP contribution is -2.51. The van der Waals surface area contributed by atoms with E-state index in [0.29, 0.717) is 29.6 Å². The summed E-state index contributed by atoms with van der Waals surface area (Å²) in [6.07, 6.45) is 4.52. The highest BCUT2D eigenvalue weighted by atomic mass is 16.5. The van der Waals surface area contributed by atoms with E-state index in [9.17, 15) is 4.79 Å². The average molecular weight is 496 g/mol. The van der Waals surface area contributed by atoms with Gasteiger partial charge < -0.3 is 19.7 Å². The average Bonchev–Trinajstić information content (AvgIpc) is 2.96. The molecule has 4 aromatic rings. The minimum absolute atomic E-state index is 0.00955. The van der Waals surface area contributed by atoms with Gasteiger partial charge in [-0.25, -0.2) is 0 Å². The number of fused-ring (bicyclic) bond motifs is 1. The van der Waals surface area contributed by atoms with E-state index in [1.807, 2.05) is 35.4 Å². The Hall–Kier alpha value is -3.90. The zero-order chi connectivity index (χ0) is 25.6. The number of carbonyl (C=O) groups excluding carboxylic acids is 1. The molecule has 1 aliphatic heterocycles. The molecular formula is C31H33N3O3. The van der Waals surface area contributed by atoms with Crippen molar-refractivity contribution in [2.45, 2.75) is 37.9 Å². The number of hydrogen-bond acceptors (Lipinski definition) is 5. The van der Waals surface area contributed by atoms with Crippen LogP contribution in [0.25, 0.3) is 10.9 Å². The van der Waals surface area contributed by atoms with Gasteiger partial charge in [0.15, 0.2) is 0 Å². The summed E-state index contributed by atoms with van der Waals surface area (Å²) in [6, 6.07) is 26.5. The Morgan fingerprint density at radius 2 is 1.68 bits per heavy atom. The number of hydrogen-bond donors (Lipinski definition) is 1. The lowest BCUT2D eigenvalue weighted by Gasteiger charge is -2.40. The van der Waals surface area contributed by atoms with Crippen LogP contribution in [-0.4, -0.2) is 48.6 Å². The molecule has 1 N–H and O–H groups in total.